The molecule has 0 atom stereocenters. The van der Waals surface area contributed by atoms with Crippen molar-refractivity contribution < 1.29 is 30.3 Å². The lowest BCUT2D eigenvalue weighted by Gasteiger charge is -2.13. The highest BCUT2D eigenvalue weighted by Crippen LogP contribution is 2.54. The molecular weight excluding hydrogens is 252 g/mol. The standard InChI is InChI=1S/C13H12O6/c1-19-7-4-2-3-6(5-7)8-9(14)11(16)13(18)12(17)10(8)15/h2-5,14-18H,1H3. The molecule has 0 amide bonds. The Morgan fingerprint density at radius 2 is 1.32 bits per heavy atom. The van der Waals surface area contributed by atoms with E-state index >= 15 is 0 Å². The molecule has 0 fully saturated rings. The van der Waals surface area contributed by atoms with Gasteiger partial charge in [-0.05, 0) is 17.7 Å². The van der Waals surface area contributed by atoms with Crippen LogP contribution >= 0.6 is 0 Å². The van der Waals surface area contributed by atoms with Crippen molar-refractivity contribution >= 4 is 0 Å². The molecule has 2 rings (SSSR count). The molecule has 0 aliphatic carbocycles. The first-order valence-corrected chi connectivity index (χ1v) is 5.30. The molecule has 0 saturated heterocycles. The zero-order chi connectivity index (χ0) is 14.2. The first-order chi connectivity index (χ1) is 8.97. The van der Waals surface area contributed by atoms with Gasteiger partial charge in [0.15, 0.2) is 11.5 Å². The Morgan fingerprint density at radius 3 is 1.84 bits per heavy atom. The lowest BCUT2D eigenvalue weighted by Crippen LogP contribution is -1.86. The number of rotatable bonds is 2. The van der Waals surface area contributed by atoms with Gasteiger partial charge in [0.05, 0.1) is 12.7 Å². The maximum absolute atomic E-state index is 9.78. The predicted molar refractivity (Wildman–Crippen MR) is 66.8 cm³/mol. The van der Waals surface area contributed by atoms with E-state index in [1.807, 2.05) is 0 Å². The Balaban J connectivity index is 2.75. The van der Waals surface area contributed by atoms with Crippen LogP contribution in [0.2, 0.25) is 0 Å². The van der Waals surface area contributed by atoms with E-state index in [2.05, 4.69) is 0 Å². The van der Waals surface area contributed by atoms with Crippen LogP contribution in [0.4, 0.5) is 0 Å². The molecule has 2 aromatic carbocycles. The lowest BCUT2D eigenvalue weighted by atomic mass is 10.0. The van der Waals surface area contributed by atoms with E-state index in [-0.39, 0.29) is 5.56 Å². The molecule has 0 heterocycles. The summed E-state index contributed by atoms with van der Waals surface area (Å²) in [5, 5.41) is 47.8. The average molecular weight is 264 g/mol. The third-order valence-electron chi connectivity index (χ3n) is 2.73. The Hall–Kier alpha value is -2.76. The predicted octanol–water partition coefficient (Wildman–Crippen LogP) is 1.89. The van der Waals surface area contributed by atoms with Gasteiger partial charge in [0, 0.05) is 0 Å². The first kappa shape index (κ1) is 12.7. The zero-order valence-corrected chi connectivity index (χ0v) is 9.95. The van der Waals surface area contributed by atoms with Crippen molar-refractivity contribution in [1.82, 2.24) is 0 Å². The summed E-state index contributed by atoms with van der Waals surface area (Å²) >= 11 is 0. The molecule has 0 aliphatic heterocycles. The Morgan fingerprint density at radius 1 is 0.789 bits per heavy atom. The van der Waals surface area contributed by atoms with Crippen molar-refractivity contribution in [3.8, 4) is 45.6 Å². The van der Waals surface area contributed by atoms with Gasteiger partial charge in [-0.3, -0.25) is 0 Å². The van der Waals surface area contributed by atoms with E-state index in [1.165, 1.54) is 19.2 Å². The number of phenols is 5. The second kappa shape index (κ2) is 4.49. The normalized spacial score (nSPS) is 10.4. The number of hydrogen-bond acceptors (Lipinski definition) is 6. The van der Waals surface area contributed by atoms with Crippen molar-refractivity contribution in [2.24, 2.45) is 0 Å². The van der Waals surface area contributed by atoms with Gasteiger partial charge >= 0.3 is 0 Å². The van der Waals surface area contributed by atoms with Crippen LogP contribution < -0.4 is 4.74 Å². The summed E-state index contributed by atoms with van der Waals surface area (Å²) in [6.07, 6.45) is 0. The SMILES string of the molecule is COc1cccc(-c2c(O)c(O)c(O)c(O)c2O)c1. The summed E-state index contributed by atoms with van der Waals surface area (Å²) in [4.78, 5) is 0. The molecule has 0 aliphatic rings. The van der Waals surface area contributed by atoms with Crippen LogP contribution in [0.1, 0.15) is 0 Å². The van der Waals surface area contributed by atoms with Crippen molar-refractivity contribution in [3.63, 3.8) is 0 Å². The fourth-order valence-corrected chi connectivity index (χ4v) is 1.74. The van der Waals surface area contributed by atoms with Crippen molar-refractivity contribution in [1.29, 1.82) is 0 Å². The monoisotopic (exact) mass is 264 g/mol. The summed E-state index contributed by atoms with van der Waals surface area (Å²) in [5.74, 6) is -3.81. The summed E-state index contributed by atoms with van der Waals surface area (Å²) in [6.45, 7) is 0. The van der Waals surface area contributed by atoms with E-state index in [4.69, 9.17) is 4.74 Å². The van der Waals surface area contributed by atoms with E-state index in [9.17, 15) is 25.5 Å². The largest absolute Gasteiger partial charge is 0.504 e. The minimum Gasteiger partial charge on any atom is -0.504 e. The third-order valence-corrected chi connectivity index (χ3v) is 2.73. The molecule has 0 saturated carbocycles. The third kappa shape index (κ3) is 1.93. The van der Waals surface area contributed by atoms with Gasteiger partial charge < -0.3 is 30.3 Å². The van der Waals surface area contributed by atoms with Gasteiger partial charge in [0.1, 0.15) is 5.75 Å². The zero-order valence-electron chi connectivity index (χ0n) is 9.95. The molecule has 0 radical (unpaired) electrons. The first-order valence-electron chi connectivity index (χ1n) is 5.30. The van der Waals surface area contributed by atoms with E-state index in [0.717, 1.165) is 0 Å². The molecule has 100 valence electrons. The van der Waals surface area contributed by atoms with Crippen LogP contribution in [-0.4, -0.2) is 32.6 Å². The van der Waals surface area contributed by atoms with Gasteiger partial charge in [-0.1, -0.05) is 12.1 Å². The molecule has 19 heavy (non-hydrogen) atoms. The number of benzene rings is 2. The van der Waals surface area contributed by atoms with Crippen molar-refractivity contribution in [2.75, 3.05) is 7.11 Å². The van der Waals surface area contributed by atoms with Crippen molar-refractivity contribution in [3.05, 3.63) is 24.3 Å². The van der Waals surface area contributed by atoms with Gasteiger partial charge in [-0.15, -0.1) is 0 Å². The number of aromatic hydroxyl groups is 5. The second-order valence-electron chi connectivity index (χ2n) is 3.85. The van der Waals surface area contributed by atoms with Gasteiger partial charge in [-0.25, -0.2) is 0 Å². The highest BCUT2D eigenvalue weighted by atomic mass is 16.5. The maximum atomic E-state index is 9.78. The number of hydrogen-bond donors (Lipinski definition) is 5. The molecule has 0 aromatic heterocycles. The minimum absolute atomic E-state index is 0.202. The minimum atomic E-state index is -0.985. The summed E-state index contributed by atoms with van der Waals surface area (Å²) < 4.78 is 5.00. The number of phenolic OH excluding ortho intramolecular Hbond substituents is 5. The van der Waals surface area contributed by atoms with Crippen LogP contribution in [0.25, 0.3) is 11.1 Å². The summed E-state index contributed by atoms with van der Waals surface area (Å²) in [7, 11) is 1.45. The summed E-state index contributed by atoms with van der Waals surface area (Å²) in [5.41, 5.74) is 0.103. The average Bonchev–Trinajstić information content (AvgIpc) is 2.43. The molecule has 0 spiro atoms. The number of ether oxygens (including phenoxy) is 1. The highest BCUT2D eigenvalue weighted by Gasteiger charge is 2.24. The molecular formula is C13H12O6. The quantitative estimate of drug-likeness (QED) is 0.418. The van der Waals surface area contributed by atoms with Crippen molar-refractivity contribution in [2.45, 2.75) is 0 Å². The van der Waals surface area contributed by atoms with E-state index < -0.39 is 28.7 Å². The molecule has 6 nitrogen and oxygen atoms in total. The lowest BCUT2D eigenvalue weighted by molar-refractivity contribution is 0.330. The highest BCUT2D eigenvalue weighted by molar-refractivity contribution is 5.85. The second-order valence-corrected chi connectivity index (χ2v) is 3.85. The van der Waals surface area contributed by atoms with Crippen LogP contribution in [-0.2, 0) is 0 Å². The Bertz CT molecular complexity index is 606. The smallest absolute Gasteiger partial charge is 0.208 e. The van der Waals surface area contributed by atoms with Gasteiger partial charge in [0.25, 0.3) is 0 Å². The molecule has 6 heteroatoms. The molecule has 0 bridgehead atoms. The molecule has 0 unspecified atom stereocenters. The van der Waals surface area contributed by atoms with E-state index in [0.29, 0.717) is 11.3 Å². The Kier molecular flexibility index (Phi) is 3.00. The fraction of sp³-hybridized carbons (Fsp3) is 0.0769. The van der Waals surface area contributed by atoms with Gasteiger partial charge in [0.2, 0.25) is 17.2 Å². The topological polar surface area (TPSA) is 110 Å². The number of methoxy groups -OCH3 is 1. The van der Waals surface area contributed by atoms with E-state index in [1.54, 1.807) is 12.1 Å². The fourth-order valence-electron chi connectivity index (χ4n) is 1.74. The summed E-state index contributed by atoms with van der Waals surface area (Å²) in [6, 6.07) is 6.28. The van der Waals surface area contributed by atoms with Gasteiger partial charge in [-0.2, -0.15) is 0 Å². The van der Waals surface area contributed by atoms with Crippen LogP contribution in [0.3, 0.4) is 0 Å². The van der Waals surface area contributed by atoms with Crippen LogP contribution in [0, 0.1) is 0 Å². The van der Waals surface area contributed by atoms with Crippen LogP contribution in [0.15, 0.2) is 24.3 Å². The maximum Gasteiger partial charge on any atom is 0.208 e. The van der Waals surface area contributed by atoms with Crippen LogP contribution in [0.5, 0.6) is 34.5 Å². The molecule has 5 N–H and O–H groups in total. The molecule has 2 aromatic rings. The Labute approximate surface area is 108 Å².